The Labute approximate surface area is 168 Å². The molecule has 160 valence electrons. The van der Waals surface area contributed by atoms with E-state index in [1.54, 1.807) is 0 Å². The zero-order chi connectivity index (χ0) is 21.6. The van der Waals surface area contributed by atoms with E-state index >= 15 is 0 Å². The van der Waals surface area contributed by atoms with Gasteiger partial charge >= 0.3 is 0 Å². The molecule has 1 saturated heterocycles. The van der Waals surface area contributed by atoms with Crippen molar-refractivity contribution in [3.05, 3.63) is 30.1 Å². The molecule has 2 rings (SSSR count). The number of rotatable bonds is 9. The maximum Gasteiger partial charge on any atom is 0.242 e. The minimum absolute atomic E-state index is 0.0470. The van der Waals surface area contributed by atoms with E-state index in [4.69, 9.17) is 10.5 Å². The van der Waals surface area contributed by atoms with E-state index in [1.807, 2.05) is 0 Å². The zero-order valence-corrected chi connectivity index (χ0v) is 16.8. The lowest BCUT2D eigenvalue weighted by atomic mass is 10.2. The summed E-state index contributed by atoms with van der Waals surface area (Å²) in [6, 6.07) is 4.47. The van der Waals surface area contributed by atoms with Gasteiger partial charge in [0.2, 0.25) is 17.7 Å². The number of nitrogens with one attached hydrogen (secondary N) is 1. The second-order valence-electron chi connectivity index (χ2n) is 6.83. The van der Waals surface area contributed by atoms with E-state index in [2.05, 4.69) is 5.32 Å². The molecule has 0 aliphatic carbocycles. The Balaban J connectivity index is 1.75. The molecule has 2 atom stereocenters. The average Bonchev–Trinajstić information content (AvgIpc) is 3.11. The lowest BCUT2D eigenvalue weighted by Crippen LogP contribution is -2.47. The van der Waals surface area contributed by atoms with Crippen LogP contribution in [0.3, 0.4) is 0 Å². The van der Waals surface area contributed by atoms with Crippen molar-refractivity contribution in [1.82, 2.24) is 10.2 Å². The van der Waals surface area contributed by atoms with E-state index in [-0.39, 0.29) is 38.4 Å². The maximum absolute atomic E-state index is 12.8. The molecule has 29 heavy (non-hydrogen) atoms. The number of amides is 3. The van der Waals surface area contributed by atoms with Crippen molar-refractivity contribution in [1.29, 1.82) is 0 Å². The zero-order valence-electron chi connectivity index (χ0n) is 16.0. The van der Waals surface area contributed by atoms with E-state index < -0.39 is 38.9 Å². The van der Waals surface area contributed by atoms with Crippen LogP contribution in [0.4, 0.5) is 4.39 Å². The summed E-state index contributed by atoms with van der Waals surface area (Å²) in [5.74, 6) is -1.64. The van der Waals surface area contributed by atoms with Crippen LogP contribution in [0, 0.1) is 5.82 Å². The third-order valence-electron chi connectivity index (χ3n) is 4.58. The van der Waals surface area contributed by atoms with E-state index in [0.29, 0.717) is 12.2 Å². The fraction of sp³-hybridized carbons (Fsp3) is 0.500. The van der Waals surface area contributed by atoms with E-state index in [9.17, 15) is 27.2 Å². The van der Waals surface area contributed by atoms with Crippen LogP contribution >= 0.6 is 0 Å². The third kappa shape index (κ3) is 6.70. The van der Waals surface area contributed by atoms with Crippen molar-refractivity contribution in [2.45, 2.75) is 30.6 Å². The van der Waals surface area contributed by atoms with Crippen LogP contribution in [0.25, 0.3) is 0 Å². The van der Waals surface area contributed by atoms with E-state index in [0.717, 1.165) is 11.2 Å². The lowest BCUT2D eigenvalue weighted by Gasteiger charge is -2.22. The molecule has 1 aromatic rings. The Morgan fingerprint density at radius 2 is 1.93 bits per heavy atom. The Morgan fingerprint density at radius 1 is 1.28 bits per heavy atom. The summed E-state index contributed by atoms with van der Waals surface area (Å²) in [5, 5.41) is 1.58. The largest absolute Gasteiger partial charge is 0.494 e. The minimum atomic E-state index is -3.43. The van der Waals surface area contributed by atoms with Gasteiger partial charge in [0.1, 0.15) is 17.6 Å². The number of ether oxygens (including phenoxy) is 1. The molecular weight excluding hydrogens is 405 g/mol. The summed E-state index contributed by atoms with van der Waals surface area (Å²) >= 11 is 0. The number of nitrogens with two attached hydrogens (primary N) is 1. The first-order valence-corrected chi connectivity index (χ1v) is 11.0. The van der Waals surface area contributed by atoms with Crippen LogP contribution in [-0.4, -0.2) is 68.3 Å². The first-order valence-electron chi connectivity index (χ1n) is 9.00. The van der Waals surface area contributed by atoms with Crippen molar-refractivity contribution in [2.24, 2.45) is 5.73 Å². The van der Waals surface area contributed by atoms with Crippen molar-refractivity contribution in [2.75, 3.05) is 26.0 Å². The van der Waals surface area contributed by atoms with Crippen LogP contribution in [0.5, 0.6) is 5.75 Å². The molecule has 1 aliphatic heterocycles. The molecule has 3 N–H and O–H groups in total. The summed E-state index contributed by atoms with van der Waals surface area (Å²) in [6.45, 7) is -0.260. The second-order valence-corrected chi connectivity index (χ2v) is 9.16. The highest BCUT2D eigenvalue weighted by atomic mass is 32.2. The number of hydrogen-bond donors (Lipinski definition) is 2. The van der Waals surface area contributed by atoms with Gasteiger partial charge in [-0.2, -0.15) is 0 Å². The van der Waals surface area contributed by atoms with Crippen LogP contribution < -0.4 is 15.8 Å². The molecule has 0 saturated carbocycles. The molecule has 9 nitrogen and oxygen atoms in total. The third-order valence-corrected chi connectivity index (χ3v) is 6.14. The first kappa shape index (κ1) is 22.6. The molecule has 1 fully saturated rings. The highest BCUT2D eigenvalue weighted by molar-refractivity contribution is 7.91. The predicted molar refractivity (Wildman–Crippen MR) is 102 cm³/mol. The number of carbonyl (C=O) groups is 3. The first-order chi connectivity index (χ1) is 13.6. The van der Waals surface area contributed by atoms with E-state index in [1.165, 1.54) is 24.3 Å². The molecular formula is C18H24FN3O6S. The Hall–Kier alpha value is -2.69. The van der Waals surface area contributed by atoms with Crippen LogP contribution in [-0.2, 0) is 24.2 Å². The van der Waals surface area contributed by atoms with Gasteiger partial charge in [-0.15, -0.1) is 0 Å². The smallest absolute Gasteiger partial charge is 0.242 e. The van der Waals surface area contributed by atoms with Crippen molar-refractivity contribution in [3.63, 3.8) is 0 Å². The fourth-order valence-electron chi connectivity index (χ4n) is 2.97. The fourth-order valence-corrected chi connectivity index (χ4v) is 3.93. The molecule has 1 heterocycles. The van der Waals surface area contributed by atoms with Crippen LogP contribution in [0.15, 0.2) is 24.3 Å². The van der Waals surface area contributed by atoms with Gasteiger partial charge in [-0.25, -0.2) is 12.8 Å². The number of carbonyl (C=O) groups excluding carboxylic acids is 3. The van der Waals surface area contributed by atoms with Crippen LogP contribution in [0.1, 0.15) is 19.3 Å². The van der Waals surface area contributed by atoms with Crippen LogP contribution in [0.2, 0.25) is 0 Å². The highest BCUT2D eigenvalue weighted by Gasteiger charge is 2.42. The molecule has 0 spiro atoms. The quantitative estimate of drug-likeness (QED) is 0.513. The molecule has 11 heteroatoms. The van der Waals surface area contributed by atoms with Gasteiger partial charge in [0.05, 0.1) is 18.4 Å². The van der Waals surface area contributed by atoms with Crippen molar-refractivity contribution >= 4 is 27.6 Å². The number of halogens is 1. The van der Waals surface area contributed by atoms with Gasteiger partial charge in [0.15, 0.2) is 9.84 Å². The lowest BCUT2D eigenvalue weighted by molar-refractivity contribution is -0.137. The number of benzene rings is 1. The van der Waals surface area contributed by atoms with Crippen molar-refractivity contribution in [3.8, 4) is 5.75 Å². The molecule has 1 aliphatic rings. The summed E-state index contributed by atoms with van der Waals surface area (Å²) in [6.07, 6.45) is 1.47. The normalized spacial score (nSPS) is 19.0. The van der Waals surface area contributed by atoms with Gasteiger partial charge in [0, 0.05) is 19.2 Å². The number of hydrogen-bond acceptors (Lipinski definition) is 6. The SMILES string of the molecule is CS(=O)(=O)C1CC(C(N)=O)N(C(=O)CNC(=O)CCCOc2ccc(F)cc2)C1. The molecule has 1 aromatic carbocycles. The summed E-state index contributed by atoms with van der Waals surface area (Å²) in [4.78, 5) is 36.9. The number of primary amides is 1. The Bertz CT molecular complexity index is 859. The molecule has 3 amide bonds. The molecule has 0 bridgehead atoms. The maximum atomic E-state index is 12.8. The Kier molecular flexibility index (Phi) is 7.54. The van der Waals surface area contributed by atoms with Gasteiger partial charge in [0.25, 0.3) is 0 Å². The standard InChI is InChI=1S/C18H24FN3O6S/c1-29(26,27)14-9-15(18(20)25)22(11-14)17(24)10-21-16(23)3-2-8-28-13-6-4-12(19)5-7-13/h4-7,14-15H,2-3,8-11H2,1H3,(H2,20,25)(H,21,23). The molecule has 0 radical (unpaired) electrons. The van der Waals surface area contributed by atoms with Gasteiger partial charge in [-0.1, -0.05) is 0 Å². The summed E-state index contributed by atoms with van der Waals surface area (Å²) in [5.41, 5.74) is 5.27. The number of sulfone groups is 1. The summed E-state index contributed by atoms with van der Waals surface area (Å²) < 4.78 is 41.6. The van der Waals surface area contributed by atoms with Gasteiger partial charge < -0.3 is 20.7 Å². The van der Waals surface area contributed by atoms with Gasteiger partial charge in [-0.3, -0.25) is 14.4 Å². The average molecular weight is 429 g/mol. The number of nitrogens with zero attached hydrogens (tertiary/aromatic N) is 1. The monoisotopic (exact) mass is 429 g/mol. The van der Waals surface area contributed by atoms with Gasteiger partial charge in [-0.05, 0) is 37.1 Å². The molecule has 2 unspecified atom stereocenters. The minimum Gasteiger partial charge on any atom is -0.494 e. The highest BCUT2D eigenvalue weighted by Crippen LogP contribution is 2.23. The summed E-state index contributed by atoms with van der Waals surface area (Å²) in [7, 11) is -3.43. The number of likely N-dealkylation sites (tertiary alicyclic amines) is 1. The predicted octanol–water partition coefficient (Wildman–Crippen LogP) is -0.400. The molecule has 0 aromatic heterocycles. The Morgan fingerprint density at radius 3 is 2.52 bits per heavy atom. The van der Waals surface area contributed by atoms with Crippen molar-refractivity contribution < 1.29 is 31.9 Å². The topological polar surface area (TPSA) is 136 Å². The second kappa shape index (κ2) is 9.68.